The van der Waals surface area contributed by atoms with Crippen LogP contribution in [0.1, 0.15) is 18.1 Å². The molecule has 0 heterocycles. The molecule has 0 saturated heterocycles. The number of nitriles is 1. The molecular formula is C10H11NS. The lowest BCUT2D eigenvalue weighted by Crippen LogP contribution is -1.82. The van der Waals surface area contributed by atoms with Gasteiger partial charge in [-0.1, -0.05) is 6.92 Å². The van der Waals surface area contributed by atoms with Gasteiger partial charge >= 0.3 is 0 Å². The predicted octanol–water partition coefficient (Wildman–Crippen LogP) is 2.98. The molecule has 1 rings (SSSR count). The fourth-order valence-corrected chi connectivity index (χ4v) is 1.78. The molecule has 0 aliphatic rings. The summed E-state index contributed by atoms with van der Waals surface area (Å²) in [4.78, 5) is 1.24. The number of aryl methyl sites for hydroxylation is 1. The number of hydrogen-bond acceptors (Lipinski definition) is 2. The largest absolute Gasteiger partial charge is 0.192 e. The molecule has 0 saturated carbocycles. The lowest BCUT2D eigenvalue weighted by Gasteiger charge is -2.00. The zero-order valence-corrected chi connectivity index (χ0v) is 8.11. The highest BCUT2D eigenvalue weighted by molar-refractivity contribution is 7.99. The number of nitrogens with zero attached hydrogens (tertiary/aromatic N) is 1. The second-order valence-electron chi connectivity index (χ2n) is 2.52. The maximum atomic E-state index is 8.68. The molecule has 0 aromatic heterocycles. The van der Waals surface area contributed by atoms with Crippen LogP contribution in [0.25, 0.3) is 0 Å². The van der Waals surface area contributed by atoms with Gasteiger partial charge in [0.05, 0.1) is 11.6 Å². The van der Waals surface area contributed by atoms with Crippen LogP contribution in [-0.2, 0) is 0 Å². The molecule has 0 amide bonds. The molecule has 0 radical (unpaired) electrons. The Morgan fingerprint density at radius 1 is 1.50 bits per heavy atom. The summed E-state index contributed by atoms with van der Waals surface area (Å²) in [6, 6.07) is 8.10. The van der Waals surface area contributed by atoms with E-state index in [2.05, 4.69) is 19.1 Å². The molecule has 0 fully saturated rings. The molecule has 1 aromatic carbocycles. The van der Waals surface area contributed by atoms with Gasteiger partial charge in [0.1, 0.15) is 0 Å². The van der Waals surface area contributed by atoms with Gasteiger partial charge in [0.25, 0.3) is 0 Å². The highest BCUT2D eigenvalue weighted by atomic mass is 32.2. The van der Waals surface area contributed by atoms with Crippen LogP contribution in [0, 0.1) is 18.3 Å². The van der Waals surface area contributed by atoms with E-state index < -0.39 is 0 Å². The molecule has 0 aliphatic carbocycles. The minimum Gasteiger partial charge on any atom is -0.192 e. The summed E-state index contributed by atoms with van der Waals surface area (Å²) in [5.74, 6) is 1.07. The van der Waals surface area contributed by atoms with Gasteiger partial charge in [0.15, 0.2) is 0 Å². The molecular weight excluding hydrogens is 166 g/mol. The van der Waals surface area contributed by atoms with Gasteiger partial charge in [0.2, 0.25) is 0 Å². The fourth-order valence-electron chi connectivity index (χ4n) is 1.02. The van der Waals surface area contributed by atoms with Gasteiger partial charge in [-0.25, -0.2) is 0 Å². The molecule has 1 aromatic rings. The molecule has 0 aliphatic heterocycles. The van der Waals surface area contributed by atoms with Gasteiger partial charge in [0, 0.05) is 4.90 Å². The van der Waals surface area contributed by atoms with Gasteiger partial charge < -0.3 is 0 Å². The summed E-state index contributed by atoms with van der Waals surface area (Å²) >= 11 is 1.80. The second-order valence-corrected chi connectivity index (χ2v) is 3.86. The van der Waals surface area contributed by atoms with Crippen molar-refractivity contribution < 1.29 is 0 Å². The van der Waals surface area contributed by atoms with Gasteiger partial charge in [-0.2, -0.15) is 5.26 Å². The molecule has 0 unspecified atom stereocenters. The fraction of sp³-hybridized carbons (Fsp3) is 0.300. The highest BCUT2D eigenvalue weighted by Gasteiger charge is 1.97. The summed E-state index contributed by atoms with van der Waals surface area (Å²) < 4.78 is 0. The summed E-state index contributed by atoms with van der Waals surface area (Å²) in [6.45, 7) is 4.09. The zero-order valence-electron chi connectivity index (χ0n) is 7.29. The smallest absolute Gasteiger partial charge is 0.0994 e. The summed E-state index contributed by atoms with van der Waals surface area (Å²) in [6.07, 6.45) is 0. The highest BCUT2D eigenvalue weighted by Crippen LogP contribution is 2.20. The van der Waals surface area contributed by atoms with Gasteiger partial charge in [-0.05, 0) is 36.4 Å². The Balaban J connectivity index is 2.96. The van der Waals surface area contributed by atoms with Crippen molar-refractivity contribution in [2.75, 3.05) is 5.75 Å². The van der Waals surface area contributed by atoms with Crippen molar-refractivity contribution in [3.8, 4) is 6.07 Å². The van der Waals surface area contributed by atoms with Crippen molar-refractivity contribution in [3.05, 3.63) is 29.3 Å². The molecule has 12 heavy (non-hydrogen) atoms. The van der Waals surface area contributed by atoms with Crippen LogP contribution in [0.15, 0.2) is 23.1 Å². The number of hydrogen-bond donors (Lipinski definition) is 0. The number of benzene rings is 1. The third-order valence-corrected chi connectivity index (χ3v) is 2.51. The molecule has 0 bridgehead atoms. The van der Waals surface area contributed by atoms with Crippen LogP contribution in [0.3, 0.4) is 0 Å². The lowest BCUT2D eigenvalue weighted by molar-refractivity contribution is 1.32. The van der Waals surface area contributed by atoms with E-state index in [4.69, 9.17) is 5.26 Å². The Labute approximate surface area is 77.4 Å². The zero-order chi connectivity index (χ0) is 8.97. The Morgan fingerprint density at radius 3 is 2.75 bits per heavy atom. The van der Waals surface area contributed by atoms with Crippen LogP contribution < -0.4 is 0 Å². The first-order valence-electron chi connectivity index (χ1n) is 3.91. The predicted molar refractivity (Wildman–Crippen MR) is 52.3 cm³/mol. The standard InChI is InChI=1S/C10H11NS/c1-3-12-10-5-4-9(7-11)8(2)6-10/h4-6H,3H2,1-2H3. The minimum absolute atomic E-state index is 0.774. The van der Waals surface area contributed by atoms with Gasteiger partial charge in [-0.15, -0.1) is 11.8 Å². The third kappa shape index (κ3) is 2.02. The first-order valence-corrected chi connectivity index (χ1v) is 4.90. The van der Waals surface area contributed by atoms with E-state index in [0.29, 0.717) is 0 Å². The van der Waals surface area contributed by atoms with Crippen LogP contribution in [0.5, 0.6) is 0 Å². The normalized spacial score (nSPS) is 9.42. The quantitative estimate of drug-likeness (QED) is 0.648. The second kappa shape index (κ2) is 4.18. The maximum absolute atomic E-state index is 8.68. The maximum Gasteiger partial charge on any atom is 0.0994 e. The van der Waals surface area contributed by atoms with Crippen molar-refractivity contribution in [2.45, 2.75) is 18.7 Å². The van der Waals surface area contributed by atoms with E-state index in [1.54, 1.807) is 11.8 Å². The topological polar surface area (TPSA) is 23.8 Å². The summed E-state index contributed by atoms with van der Waals surface area (Å²) in [5.41, 5.74) is 1.84. The summed E-state index contributed by atoms with van der Waals surface area (Å²) in [7, 11) is 0. The minimum atomic E-state index is 0.774. The molecule has 2 heteroatoms. The van der Waals surface area contributed by atoms with E-state index in [1.165, 1.54) is 4.90 Å². The van der Waals surface area contributed by atoms with Crippen LogP contribution in [-0.4, -0.2) is 5.75 Å². The molecule has 62 valence electrons. The van der Waals surface area contributed by atoms with E-state index in [1.807, 2.05) is 19.1 Å². The average molecular weight is 177 g/mol. The molecule has 1 nitrogen and oxygen atoms in total. The Bertz CT molecular complexity index is 312. The Hall–Kier alpha value is -0.940. The summed E-state index contributed by atoms with van der Waals surface area (Å²) in [5, 5.41) is 8.68. The SMILES string of the molecule is CCSc1ccc(C#N)c(C)c1. The van der Waals surface area contributed by atoms with Crippen LogP contribution >= 0.6 is 11.8 Å². The first-order chi connectivity index (χ1) is 5.77. The van der Waals surface area contributed by atoms with Crippen molar-refractivity contribution in [1.29, 1.82) is 5.26 Å². The lowest BCUT2D eigenvalue weighted by atomic mass is 10.1. The monoisotopic (exact) mass is 177 g/mol. The van der Waals surface area contributed by atoms with Gasteiger partial charge in [-0.3, -0.25) is 0 Å². The Kier molecular flexibility index (Phi) is 3.19. The van der Waals surface area contributed by atoms with Crippen molar-refractivity contribution in [1.82, 2.24) is 0 Å². The number of rotatable bonds is 2. The van der Waals surface area contributed by atoms with E-state index in [-0.39, 0.29) is 0 Å². The third-order valence-electron chi connectivity index (χ3n) is 1.63. The molecule has 0 spiro atoms. The average Bonchev–Trinajstić information content (AvgIpc) is 2.05. The van der Waals surface area contributed by atoms with Crippen LogP contribution in [0.4, 0.5) is 0 Å². The Morgan fingerprint density at radius 2 is 2.25 bits per heavy atom. The van der Waals surface area contributed by atoms with Crippen molar-refractivity contribution in [2.24, 2.45) is 0 Å². The molecule has 0 N–H and O–H groups in total. The van der Waals surface area contributed by atoms with E-state index in [0.717, 1.165) is 16.9 Å². The van der Waals surface area contributed by atoms with E-state index >= 15 is 0 Å². The number of thioether (sulfide) groups is 1. The van der Waals surface area contributed by atoms with E-state index in [9.17, 15) is 0 Å². The molecule has 0 atom stereocenters. The van der Waals surface area contributed by atoms with Crippen LogP contribution in [0.2, 0.25) is 0 Å². The van der Waals surface area contributed by atoms with Crippen molar-refractivity contribution in [3.63, 3.8) is 0 Å². The van der Waals surface area contributed by atoms with Crippen molar-refractivity contribution >= 4 is 11.8 Å². The first kappa shape index (κ1) is 9.15.